The van der Waals surface area contributed by atoms with E-state index in [1.54, 1.807) is 16.0 Å². The molecule has 2 saturated heterocycles. The largest absolute Gasteiger partial charge is 0.444 e. The lowest BCUT2D eigenvalue weighted by Gasteiger charge is -2.41. The third-order valence-corrected chi connectivity index (χ3v) is 10.1. The zero-order chi connectivity index (χ0) is 33.6. The highest BCUT2D eigenvalue weighted by Gasteiger charge is 2.40. The van der Waals surface area contributed by atoms with Gasteiger partial charge in [0.1, 0.15) is 11.6 Å². The van der Waals surface area contributed by atoms with E-state index in [9.17, 15) is 19.2 Å². The van der Waals surface area contributed by atoms with Gasteiger partial charge in [-0.3, -0.25) is 9.89 Å². The van der Waals surface area contributed by atoms with Crippen LogP contribution in [-0.2, 0) is 29.0 Å². The van der Waals surface area contributed by atoms with Crippen LogP contribution < -0.4 is 10.6 Å². The van der Waals surface area contributed by atoms with Crippen molar-refractivity contribution in [3.05, 3.63) is 59.3 Å². The lowest BCUT2D eigenvalue weighted by molar-refractivity contribution is -0.136. The number of hydrogen-bond donors (Lipinski definition) is 3. The van der Waals surface area contributed by atoms with Crippen molar-refractivity contribution in [3.8, 4) is 0 Å². The number of para-hydroxylation sites is 1. The van der Waals surface area contributed by atoms with Crippen LogP contribution in [-0.4, -0.2) is 104 Å². The minimum Gasteiger partial charge on any atom is -0.444 e. The van der Waals surface area contributed by atoms with Crippen molar-refractivity contribution in [1.82, 2.24) is 35.1 Å². The third kappa shape index (κ3) is 6.37. The number of rotatable bonds is 3. The van der Waals surface area contributed by atoms with Gasteiger partial charge in [0.15, 0.2) is 0 Å². The number of likely N-dealkylation sites (tertiary alicyclic amines) is 2. The number of urea groups is 2. The average Bonchev–Trinajstić information content (AvgIpc) is 3.74. The first-order valence-electron chi connectivity index (χ1n) is 17.0. The number of fused-ring (bicyclic) bond motifs is 4. The van der Waals surface area contributed by atoms with Crippen LogP contribution in [0.4, 0.5) is 20.1 Å². The van der Waals surface area contributed by atoms with Gasteiger partial charge in [-0.05, 0) is 81.7 Å². The number of aromatic nitrogens is 2. The molecule has 0 saturated carbocycles. The third-order valence-electron chi connectivity index (χ3n) is 10.1. The lowest BCUT2D eigenvalue weighted by atomic mass is 9.93. The van der Waals surface area contributed by atoms with E-state index < -0.39 is 11.6 Å². The van der Waals surface area contributed by atoms with Crippen molar-refractivity contribution in [2.75, 3.05) is 31.5 Å². The Balaban J connectivity index is 1.05. The van der Waals surface area contributed by atoms with Gasteiger partial charge in [-0.2, -0.15) is 5.10 Å². The highest BCUT2D eigenvalue weighted by molar-refractivity contribution is 5.92. The number of carbonyl (C=O) groups is 4. The Morgan fingerprint density at radius 3 is 2.44 bits per heavy atom. The number of nitrogens with one attached hydrogen (secondary N) is 3. The van der Waals surface area contributed by atoms with Crippen LogP contribution in [0.15, 0.2) is 42.6 Å². The Morgan fingerprint density at radius 2 is 1.65 bits per heavy atom. The normalized spacial score (nSPS) is 22.1. The summed E-state index contributed by atoms with van der Waals surface area (Å²) in [5, 5.41) is 14.3. The first kappa shape index (κ1) is 31.8. The van der Waals surface area contributed by atoms with Gasteiger partial charge in [0, 0.05) is 56.4 Å². The topological polar surface area (TPSA) is 143 Å². The predicted molar refractivity (Wildman–Crippen MR) is 179 cm³/mol. The second-order valence-electron chi connectivity index (χ2n) is 14.3. The van der Waals surface area contributed by atoms with E-state index in [0.717, 1.165) is 33.3 Å². The van der Waals surface area contributed by atoms with Crippen molar-refractivity contribution in [3.63, 3.8) is 0 Å². The molecule has 0 aliphatic carbocycles. The number of aromatic amines is 1. The van der Waals surface area contributed by atoms with Gasteiger partial charge in [-0.1, -0.05) is 24.3 Å². The van der Waals surface area contributed by atoms with Gasteiger partial charge in [-0.25, -0.2) is 14.4 Å². The Morgan fingerprint density at radius 1 is 0.896 bits per heavy atom. The molecule has 1 unspecified atom stereocenters. The van der Waals surface area contributed by atoms with Crippen molar-refractivity contribution in [1.29, 1.82) is 0 Å². The van der Waals surface area contributed by atoms with Crippen LogP contribution in [0.25, 0.3) is 10.9 Å². The molecule has 0 radical (unpaired) electrons. The molecule has 2 fully saturated rings. The van der Waals surface area contributed by atoms with Gasteiger partial charge < -0.3 is 35.0 Å². The number of carbonyl (C=O) groups excluding carboxylic acids is 4. The van der Waals surface area contributed by atoms with Crippen LogP contribution in [0.5, 0.6) is 0 Å². The fourth-order valence-corrected chi connectivity index (χ4v) is 7.48. The van der Waals surface area contributed by atoms with E-state index in [0.29, 0.717) is 71.4 Å². The first-order chi connectivity index (χ1) is 23.0. The zero-order valence-corrected chi connectivity index (χ0v) is 27.8. The predicted octanol–water partition coefficient (Wildman–Crippen LogP) is 4.44. The Hall–Kier alpha value is -4.81. The van der Waals surface area contributed by atoms with Crippen LogP contribution >= 0.6 is 0 Å². The maximum atomic E-state index is 14.4. The maximum absolute atomic E-state index is 14.4. The molecule has 254 valence electrons. The molecule has 3 N–H and O–H groups in total. The number of anilines is 1. The summed E-state index contributed by atoms with van der Waals surface area (Å²) in [6.07, 6.45) is 4.42. The van der Waals surface area contributed by atoms with E-state index in [4.69, 9.17) is 4.74 Å². The van der Waals surface area contributed by atoms with Crippen LogP contribution in [0, 0.1) is 0 Å². The first-order valence-corrected chi connectivity index (χ1v) is 17.0. The van der Waals surface area contributed by atoms with Gasteiger partial charge in [0.25, 0.3) is 0 Å². The van der Waals surface area contributed by atoms with E-state index in [2.05, 4.69) is 26.9 Å². The monoisotopic (exact) mass is 656 g/mol. The Bertz CT molecular complexity index is 1720. The minimum atomic E-state index is -0.719. The number of aryl methyl sites for hydroxylation is 1. The highest BCUT2D eigenvalue weighted by atomic mass is 16.6. The van der Waals surface area contributed by atoms with Gasteiger partial charge in [0.05, 0.1) is 17.8 Å². The van der Waals surface area contributed by atoms with E-state index in [1.807, 2.05) is 60.9 Å². The van der Waals surface area contributed by atoms with Crippen LogP contribution in [0.3, 0.4) is 0 Å². The average molecular weight is 657 g/mol. The number of nitrogens with zero attached hydrogens (tertiary/aromatic N) is 5. The van der Waals surface area contributed by atoms with E-state index in [1.165, 1.54) is 0 Å². The summed E-state index contributed by atoms with van der Waals surface area (Å²) in [6, 6.07) is 10.6. The summed E-state index contributed by atoms with van der Waals surface area (Å²) in [6.45, 7) is 8.24. The summed E-state index contributed by atoms with van der Waals surface area (Å²) < 4.78 is 5.62. The molecule has 2 aromatic carbocycles. The molecule has 2 atom stereocenters. The molecule has 48 heavy (non-hydrogen) atoms. The number of benzene rings is 2. The Labute approximate surface area is 279 Å². The lowest BCUT2D eigenvalue weighted by Crippen LogP contribution is -2.57. The smallest absolute Gasteiger partial charge is 0.410 e. The molecular formula is C35H44N8O5. The van der Waals surface area contributed by atoms with Crippen molar-refractivity contribution < 1.29 is 23.9 Å². The van der Waals surface area contributed by atoms with E-state index >= 15 is 0 Å². The number of H-pyrrole nitrogens is 1. The number of hydrogen-bond acceptors (Lipinski definition) is 6. The molecule has 3 aromatic rings. The molecule has 13 heteroatoms. The van der Waals surface area contributed by atoms with Gasteiger partial charge in [0.2, 0.25) is 5.91 Å². The van der Waals surface area contributed by atoms with Crippen molar-refractivity contribution in [2.45, 2.75) is 89.7 Å². The van der Waals surface area contributed by atoms with Crippen LogP contribution in [0.1, 0.15) is 63.1 Å². The summed E-state index contributed by atoms with van der Waals surface area (Å²) >= 11 is 0. The summed E-state index contributed by atoms with van der Waals surface area (Å²) in [7, 11) is 0. The molecule has 7 rings (SSSR count). The summed E-state index contributed by atoms with van der Waals surface area (Å²) in [5.41, 5.74) is 4.37. The summed E-state index contributed by atoms with van der Waals surface area (Å²) in [4.78, 5) is 61.0. The van der Waals surface area contributed by atoms with Crippen molar-refractivity contribution in [2.24, 2.45) is 0 Å². The SMILES string of the molecule is CC(C)(C)OC(=O)N1CCC(N2Cc3c(ccc4[nH]ncc34)CC[C@@H](NC(=O)N3CCC(N4Cc5ccccc5NC4=O)CC3)C2=O)C1. The fraction of sp³-hybridized carbons (Fsp3) is 0.514. The fourth-order valence-electron chi connectivity index (χ4n) is 7.48. The van der Waals surface area contributed by atoms with Crippen LogP contribution in [0.2, 0.25) is 0 Å². The number of ether oxygens (including phenoxy) is 1. The van der Waals surface area contributed by atoms with Gasteiger partial charge in [-0.15, -0.1) is 0 Å². The van der Waals surface area contributed by atoms with E-state index in [-0.39, 0.29) is 36.1 Å². The quantitative estimate of drug-likeness (QED) is 0.381. The molecule has 13 nitrogen and oxygen atoms in total. The standard InChI is InChI=1S/C35H44N8O5/c1-35(2,3)48-34(47)41-17-14-25(20-41)42-21-27-22(8-10-29-26(27)18-36-39-29)9-11-30(31(42)44)38-32(45)40-15-12-24(13-16-40)43-19-23-6-4-5-7-28(23)37-33(43)46/h4-8,10,18,24-25,30H,9,11-17,19-21H2,1-3H3,(H,36,39)(H,37,46)(H,38,45)/t25?,30-/m1/s1. The minimum absolute atomic E-state index is 0.0208. The second-order valence-corrected chi connectivity index (χ2v) is 14.3. The zero-order valence-electron chi connectivity index (χ0n) is 27.8. The maximum Gasteiger partial charge on any atom is 0.410 e. The van der Waals surface area contributed by atoms with Crippen molar-refractivity contribution >= 4 is 40.7 Å². The molecule has 0 spiro atoms. The number of piperidine rings is 1. The molecule has 6 amide bonds. The second kappa shape index (κ2) is 12.7. The molecule has 0 bridgehead atoms. The molecule has 5 heterocycles. The summed E-state index contributed by atoms with van der Waals surface area (Å²) in [5.74, 6) is -0.149. The molecule has 1 aromatic heterocycles. The Kier molecular flexibility index (Phi) is 8.38. The molecule has 4 aliphatic heterocycles. The molecular weight excluding hydrogens is 612 g/mol. The van der Waals surface area contributed by atoms with Gasteiger partial charge >= 0.3 is 18.2 Å². The highest BCUT2D eigenvalue weighted by Crippen LogP contribution is 2.31. The number of amides is 6. The molecule has 4 aliphatic rings.